The molecule has 4 heterocycles. The number of aromatic nitrogens is 5. The SMILES string of the molecule is CNCCNC(=O)C[C@@H]1N=C(c2ccc(Cl)cc2)c2c(sc(C#Cc3cncn3C)c2C)-n2c(C)nnc21. The highest BCUT2D eigenvalue weighted by Crippen LogP contribution is 2.39. The summed E-state index contributed by atoms with van der Waals surface area (Å²) in [5, 5.41) is 16.4. The maximum absolute atomic E-state index is 12.9. The molecule has 1 aliphatic heterocycles. The Hall–Kier alpha value is -3.78. The van der Waals surface area contributed by atoms with Gasteiger partial charge in [-0.1, -0.05) is 23.7 Å². The molecule has 11 heteroatoms. The normalized spacial score (nSPS) is 14.1. The van der Waals surface area contributed by atoms with Crippen LogP contribution in [0.3, 0.4) is 0 Å². The molecule has 0 bridgehead atoms. The molecule has 194 valence electrons. The highest BCUT2D eigenvalue weighted by molar-refractivity contribution is 7.15. The summed E-state index contributed by atoms with van der Waals surface area (Å²) in [5.41, 5.74) is 4.46. The molecule has 0 aliphatic carbocycles. The number of nitrogens with one attached hydrogen (secondary N) is 2. The lowest BCUT2D eigenvalue weighted by molar-refractivity contribution is -0.121. The second kappa shape index (κ2) is 10.9. The molecule has 0 saturated heterocycles. The van der Waals surface area contributed by atoms with Gasteiger partial charge in [0.25, 0.3) is 0 Å². The second-order valence-electron chi connectivity index (χ2n) is 8.97. The van der Waals surface area contributed by atoms with Crippen LogP contribution in [-0.2, 0) is 11.8 Å². The fourth-order valence-corrected chi connectivity index (χ4v) is 5.66. The van der Waals surface area contributed by atoms with Gasteiger partial charge < -0.3 is 15.2 Å². The molecule has 2 N–H and O–H groups in total. The Kier molecular flexibility index (Phi) is 7.42. The van der Waals surface area contributed by atoms with Crippen molar-refractivity contribution in [1.29, 1.82) is 0 Å². The van der Waals surface area contributed by atoms with Crippen molar-refractivity contribution in [3.63, 3.8) is 0 Å². The maximum Gasteiger partial charge on any atom is 0.222 e. The molecule has 9 nitrogen and oxygen atoms in total. The summed E-state index contributed by atoms with van der Waals surface area (Å²) >= 11 is 7.78. The van der Waals surface area contributed by atoms with Crippen LogP contribution in [0.1, 0.15) is 51.4 Å². The minimum absolute atomic E-state index is 0.0960. The molecule has 5 rings (SSSR count). The summed E-state index contributed by atoms with van der Waals surface area (Å²) < 4.78 is 3.90. The molecule has 1 amide bonds. The number of rotatable bonds is 6. The van der Waals surface area contributed by atoms with E-state index in [-0.39, 0.29) is 12.3 Å². The highest BCUT2D eigenvalue weighted by Gasteiger charge is 2.32. The molecule has 4 aromatic rings. The number of hydrogen-bond acceptors (Lipinski definition) is 7. The zero-order valence-corrected chi connectivity index (χ0v) is 23.1. The number of thiophene rings is 1. The van der Waals surface area contributed by atoms with E-state index >= 15 is 0 Å². The number of carbonyl (C=O) groups excluding carboxylic acids is 1. The molecule has 0 saturated carbocycles. The summed E-state index contributed by atoms with van der Waals surface area (Å²) in [5.74, 6) is 7.83. The minimum atomic E-state index is -0.514. The molecule has 38 heavy (non-hydrogen) atoms. The Morgan fingerprint density at radius 1 is 1.16 bits per heavy atom. The lowest BCUT2D eigenvalue weighted by Gasteiger charge is -2.13. The molecular formula is C27H27ClN8OS. The monoisotopic (exact) mass is 546 g/mol. The lowest BCUT2D eigenvalue weighted by Crippen LogP contribution is -2.31. The summed E-state index contributed by atoms with van der Waals surface area (Å²) in [6.07, 6.45) is 3.63. The van der Waals surface area contributed by atoms with E-state index in [0.717, 1.165) is 43.8 Å². The first-order valence-electron chi connectivity index (χ1n) is 12.2. The molecule has 1 aliphatic rings. The van der Waals surface area contributed by atoms with Crippen LogP contribution in [0.2, 0.25) is 5.02 Å². The zero-order valence-electron chi connectivity index (χ0n) is 21.5. The molecule has 0 spiro atoms. The van der Waals surface area contributed by atoms with E-state index in [2.05, 4.69) is 44.6 Å². The van der Waals surface area contributed by atoms with Gasteiger partial charge in [0.15, 0.2) is 5.82 Å². The van der Waals surface area contributed by atoms with Gasteiger partial charge in [-0.25, -0.2) is 4.98 Å². The van der Waals surface area contributed by atoms with E-state index in [4.69, 9.17) is 16.6 Å². The van der Waals surface area contributed by atoms with Gasteiger partial charge >= 0.3 is 0 Å². The summed E-state index contributed by atoms with van der Waals surface area (Å²) in [7, 11) is 3.77. The number of halogens is 1. The molecule has 1 atom stereocenters. The fraction of sp³-hybridized carbons (Fsp3) is 0.296. The van der Waals surface area contributed by atoms with Crippen LogP contribution in [0, 0.1) is 25.7 Å². The molecule has 3 aromatic heterocycles. The average Bonchev–Trinajstić information content (AvgIpc) is 3.55. The third-order valence-corrected chi connectivity index (χ3v) is 7.76. The van der Waals surface area contributed by atoms with Gasteiger partial charge in [0, 0.05) is 36.3 Å². The number of nitrogens with zero attached hydrogens (tertiary/aromatic N) is 6. The lowest BCUT2D eigenvalue weighted by atomic mass is 9.99. The van der Waals surface area contributed by atoms with Crippen LogP contribution in [0.25, 0.3) is 5.00 Å². The smallest absolute Gasteiger partial charge is 0.222 e. The topological polar surface area (TPSA) is 102 Å². The van der Waals surface area contributed by atoms with Gasteiger partial charge in [-0.3, -0.25) is 14.4 Å². The van der Waals surface area contributed by atoms with Crippen molar-refractivity contribution < 1.29 is 4.79 Å². The van der Waals surface area contributed by atoms with Crippen molar-refractivity contribution in [3.05, 3.63) is 80.7 Å². The van der Waals surface area contributed by atoms with E-state index in [1.165, 1.54) is 0 Å². The molecule has 1 aromatic carbocycles. The van der Waals surface area contributed by atoms with Crippen LogP contribution in [0.15, 0.2) is 41.8 Å². The number of aryl methyl sites for hydroxylation is 2. The van der Waals surface area contributed by atoms with Crippen molar-refractivity contribution in [1.82, 2.24) is 34.9 Å². The predicted octanol–water partition coefficient (Wildman–Crippen LogP) is 3.35. The van der Waals surface area contributed by atoms with E-state index in [1.807, 2.05) is 54.4 Å². The van der Waals surface area contributed by atoms with E-state index in [1.54, 1.807) is 23.9 Å². The predicted molar refractivity (Wildman–Crippen MR) is 149 cm³/mol. The number of imidazole rings is 1. The number of hydrogen-bond donors (Lipinski definition) is 2. The first-order valence-corrected chi connectivity index (χ1v) is 13.4. The third-order valence-electron chi connectivity index (χ3n) is 6.32. The van der Waals surface area contributed by atoms with Crippen LogP contribution in [-0.4, -0.2) is 56.1 Å². The van der Waals surface area contributed by atoms with Crippen LogP contribution >= 0.6 is 22.9 Å². The number of aliphatic imine (C=N–C) groups is 1. The third kappa shape index (κ3) is 5.00. The fourth-order valence-electron chi connectivity index (χ4n) is 4.31. The van der Waals surface area contributed by atoms with E-state index < -0.39 is 6.04 Å². The first-order chi connectivity index (χ1) is 18.4. The Balaban J connectivity index is 1.66. The Morgan fingerprint density at radius 2 is 1.95 bits per heavy atom. The minimum Gasteiger partial charge on any atom is -0.355 e. The Labute approximate surface area is 230 Å². The van der Waals surface area contributed by atoms with Crippen molar-refractivity contribution in [2.75, 3.05) is 20.1 Å². The standard InChI is InChI=1S/C27H27ClN8OS/c1-16-22(10-9-20-14-30-15-35(20)4)38-27-24(16)25(18-5-7-19(28)8-6-18)32-21(13-23(37)31-12-11-29-3)26-34-33-17(2)36(26)27/h5-8,14-15,21,29H,11-13H2,1-4H3,(H,31,37)/t21-/m0/s1. The van der Waals surface area contributed by atoms with Gasteiger partial charge in [0.2, 0.25) is 5.91 Å². The largest absolute Gasteiger partial charge is 0.355 e. The van der Waals surface area contributed by atoms with Gasteiger partial charge in [0.05, 0.1) is 29.5 Å². The van der Waals surface area contributed by atoms with Gasteiger partial charge in [-0.05, 0) is 50.4 Å². The molecule has 0 radical (unpaired) electrons. The van der Waals surface area contributed by atoms with Crippen LogP contribution in [0.5, 0.6) is 0 Å². The van der Waals surface area contributed by atoms with E-state index in [0.29, 0.717) is 23.9 Å². The van der Waals surface area contributed by atoms with Gasteiger partial charge in [0.1, 0.15) is 22.6 Å². The molecule has 0 fully saturated rings. The number of amides is 1. The second-order valence-corrected chi connectivity index (χ2v) is 10.4. The first kappa shape index (κ1) is 25.9. The summed E-state index contributed by atoms with van der Waals surface area (Å²) in [6.45, 7) is 5.18. The maximum atomic E-state index is 12.9. The van der Waals surface area contributed by atoms with Crippen molar-refractivity contribution >= 4 is 34.6 Å². The number of carbonyl (C=O) groups is 1. The molecule has 0 unspecified atom stereocenters. The van der Waals surface area contributed by atoms with Gasteiger partial charge in [-0.2, -0.15) is 0 Å². The van der Waals surface area contributed by atoms with E-state index in [9.17, 15) is 4.79 Å². The quantitative estimate of drug-likeness (QED) is 0.285. The van der Waals surface area contributed by atoms with Crippen molar-refractivity contribution in [3.8, 4) is 16.8 Å². The number of fused-ring (bicyclic) bond motifs is 3. The zero-order chi connectivity index (χ0) is 26.8. The van der Waals surface area contributed by atoms with Crippen LogP contribution < -0.4 is 10.6 Å². The average molecular weight is 547 g/mol. The molecular weight excluding hydrogens is 520 g/mol. The van der Waals surface area contributed by atoms with Crippen molar-refractivity contribution in [2.45, 2.75) is 26.3 Å². The number of benzene rings is 1. The number of likely N-dealkylation sites (N-methyl/N-ethyl adjacent to an activating group) is 1. The Morgan fingerprint density at radius 3 is 2.66 bits per heavy atom. The summed E-state index contributed by atoms with van der Waals surface area (Å²) in [6, 6.07) is 7.08. The van der Waals surface area contributed by atoms with Crippen LogP contribution in [0.4, 0.5) is 0 Å². The summed E-state index contributed by atoms with van der Waals surface area (Å²) in [4.78, 5) is 23.1. The highest BCUT2D eigenvalue weighted by atomic mass is 35.5. The van der Waals surface area contributed by atoms with Crippen molar-refractivity contribution in [2.24, 2.45) is 12.0 Å². The van der Waals surface area contributed by atoms with Gasteiger partial charge in [-0.15, -0.1) is 21.5 Å². The Bertz CT molecular complexity index is 1590.